The quantitative estimate of drug-likeness (QED) is 0.821. The summed E-state index contributed by atoms with van der Waals surface area (Å²) in [5.74, 6) is -0.748. The van der Waals surface area contributed by atoms with Crippen molar-refractivity contribution in [2.45, 2.75) is 37.5 Å². The number of rotatable bonds is 3. The van der Waals surface area contributed by atoms with Crippen LogP contribution in [0.5, 0.6) is 0 Å². The Hall–Kier alpha value is -2.12. The molecule has 3 aliphatic rings. The molecule has 3 heterocycles. The summed E-state index contributed by atoms with van der Waals surface area (Å²) in [7, 11) is 0. The molecule has 8 heteroatoms. The third kappa shape index (κ3) is 2.71. The van der Waals surface area contributed by atoms with Gasteiger partial charge in [0.1, 0.15) is 11.7 Å². The van der Waals surface area contributed by atoms with Crippen LogP contribution < -0.4 is 15.6 Å². The molecule has 1 unspecified atom stereocenters. The molecule has 0 spiro atoms. The predicted molar refractivity (Wildman–Crippen MR) is 105 cm³/mol. The lowest BCUT2D eigenvalue weighted by molar-refractivity contribution is 0.0694. The largest absolute Gasteiger partial charge is 0.477 e. The maximum absolute atomic E-state index is 13.8. The van der Waals surface area contributed by atoms with Gasteiger partial charge in [-0.1, -0.05) is 11.6 Å². The summed E-state index contributed by atoms with van der Waals surface area (Å²) in [5, 5.41) is 13.6. The molecule has 6 nitrogen and oxygen atoms in total. The minimum Gasteiger partial charge on any atom is -0.477 e. The van der Waals surface area contributed by atoms with Crippen molar-refractivity contribution in [1.82, 2.24) is 9.88 Å². The number of nitrogens with zero attached hydrogens (tertiary/aromatic N) is 2. The van der Waals surface area contributed by atoms with E-state index in [1.807, 2.05) is 0 Å². The van der Waals surface area contributed by atoms with Crippen LogP contribution >= 0.6 is 11.6 Å². The molecular formula is C20H21ClFN3O3. The third-order valence-corrected chi connectivity index (χ3v) is 6.69. The standard InChI is InChI=1S/C20H21ClFN3O3/c21-17-15(24-7-10-2-1-5-23-14(10)9-24)4-3-11-18(17)25(16-6-13(16)22)8-12(19(11)26)20(27)28/h3-4,8,10,13-14,16,23H,1-2,5-7,9H2,(H,27,28)/t10-,13+,14+,16?/m1/s1. The Kier molecular flexibility index (Phi) is 4.14. The van der Waals surface area contributed by atoms with Gasteiger partial charge in [-0.3, -0.25) is 4.79 Å². The zero-order chi connectivity index (χ0) is 19.6. The van der Waals surface area contributed by atoms with Crippen molar-refractivity contribution in [2.24, 2.45) is 5.92 Å². The number of anilines is 1. The SMILES string of the molecule is O=C(O)c1cn(C2C[C@@H]2F)c2c(Cl)c(N3C[C@H]4CCCN[C@H]4C3)ccc2c1=O. The van der Waals surface area contributed by atoms with E-state index in [4.69, 9.17) is 11.6 Å². The Morgan fingerprint density at radius 1 is 1.32 bits per heavy atom. The molecule has 0 amide bonds. The van der Waals surface area contributed by atoms with Gasteiger partial charge in [0, 0.05) is 37.1 Å². The van der Waals surface area contributed by atoms with Crippen LogP contribution in [0.25, 0.3) is 10.9 Å². The summed E-state index contributed by atoms with van der Waals surface area (Å²) >= 11 is 6.76. The molecule has 4 atom stereocenters. The van der Waals surface area contributed by atoms with Crippen LogP contribution in [0.1, 0.15) is 35.7 Å². The first-order chi connectivity index (χ1) is 13.5. The number of carboxylic acid groups (broad SMARTS) is 1. The number of nitrogens with one attached hydrogen (secondary N) is 1. The summed E-state index contributed by atoms with van der Waals surface area (Å²) in [6.45, 7) is 2.75. The fraction of sp³-hybridized carbons (Fsp3) is 0.500. The van der Waals surface area contributed by atoms with Crippen LogP contribution in [-0.2, 0) is 0 Å². The number of pyridine rings is 1. The van der Waals surface area contributed by atoms with Gasteiger partial charge in [0.25, 0.3) is 0 Å². The number of aromatic nitrogens is 1. The second-order valence-electron chi connectivity index (χ2n) is 8.07. The maximum Gasteiger partial charge on any atom is 0.341 e. The summed E-state index contributed by atoms with van der Waals surface area (Å²) in [6, 6.07) is 3.37. The first kappa shape index (κ1) is 17.9. The Morgan fingerprint density at radius 2 is 2.11 bits per heavy atom. The normalized spacial score (nSPS) is 29.1. The highest BCUT2D eigenvalue weighted by Gasteiger charge is 2.41. The Labute approximate surface area is 165 Å². The summed E-state index contributed by atoms with van der Waals surface area (Å²) in [5.41, 5.74) is 0.312. The van der Waals surface area contributed by atoms with Crippen molar-refractivity contribution in [3.05, 3.63) is 39.1 Å². The smallest absolute Gasteiger partial charge is 0.341 e. The molecule has 2 N–H and O–H groups in total. The van der Waals surface area contributed by atoms with Crippen molar-refractivity contribution in [2.75, 3.05) is 24.5 Å². The predicted octanol–water partition coefficient (Wildman–Crippen LogP) is 2.82. The van der Waals surface area contributed by atoms with Gasteiger partial charge in [-0.15, -0.1) is 0 Å². The number of carboxylic acids is 1. The van der Waals surface area contributed by atoms with Gasteiger partial charge in [-0.2, -0.15) is 0 Å². The number of aromatic carboxylic acids is 1. The molecule has 3 fully saturated rings. The number of carbonyl (C=O) groups is 1. The number of hydrogen-bond acceptors (Lipinski definition) is 4. The highest BCUT2D eigenvalue weighted by Crippen LogP contribution is 2.44. The van der Waals surface area contributed by atoms with Gasteiger partial charge >= 0.3 is 5.97 Å². The zero-order valence-electron chi connectivity index (χ0n) is 15.2. The zero-order valence-corrected chi connectivity index (χ0v) is 16.0. The first-order valence-corrected chi connectivity index (χ1v) is 10.1. The second kappa shape index (κ2) is 6.46. The number of benzene rings is 1. The highest BCUT2D eigenvalue weighted by atomic mass is 35.5. The third-order valence-electron chi connectivity index (χ3n) is 6.32. The molecule has 0 bridgehead atoms. The molecule has 1 aromatic heterocycles. The van der Waals surface area contributed by atoms with Crippen molar-refractivity contribution < 1.29 is 14.3 Å². The van der Waals surface area contributed by atoms with E-state index in [1.54, 1.807) is 16.7 Å². The summed E-state index contributed by atoms with van der Waals surface area (Å²) in [4.78, 5) is 26.4. The molecule has 2 aliphatic heterocycles. The lowest BCUT2D eigenvalue weighted by Crippen LogP contribution is -2.40. The minimum atomic E-state index is -1.31. The molecule has 1 aromatic carbocycles. The van der Waals surface area contributed by atoms with Crippen LogP contribution in [-0.4, -0.2) is 47.5 Å². The molecular weight excluding hydrogens is 385 g/mol. The van der Waals surface area contributed by atoms with Crippen molar-refractivity contribution in [3.63, 3.8) is 0 Å². The molecule has 2 saturated heterocycles. The van der Waals surface area contributed by atoms with E-state index in [1.165, 1.54) is 12.6 Å². The van der Waals surface area contributed by atoms with Gasteiger partial charge in [-0.05, 0) is 37.4 Å². The number of alkyl halides is 1. The van der Waals surface area contributed by atoms with Gasteiger partial charge in [0.15, 0.2) is 0 Å². The number of hydrogen-bond donors (Lipinski definition) is 2. The average Bonchev–Trinajstić information content (AvgIpc) is 3.24. The van der Waals surface area contributed by atoms with Gasteiger partial charge in [0.2, 0.25) is 5.43 Å². The Balaban J connectivity index is 1.65. The van der Waals surface area contributed by atoms with E-state index in [0.717, 1.165) is 31.7 Å². The second-order valence-corrected chi connectivity index (χ2v) is 8.44. The molecule has 148 valence electrons. The van der Waals surface area contributed by atoms with Gasteiger partial charge in [0.05, 0.1) is 22.3 Å². The molecule has 1 saturated carbocycles. The Morgan fingerprint density at radius 3 is 2.79 bits per heavy atom. The lowest BCUT2D eigenvalue weighted by atomic mass is 9.94. The van der Waals surface area contributed by atoms with E-state index in [0.29, 0.717) is 28.9 Å². The minimum absolute atomic E-state index is 0.225. The maximum atomic E-state index is 13.8. The van der Waals surface area contributed by atoms with Crippen LogP contribution in [0.2, 0.25) is 5.02 Å². The van der Waals surface area contributed by atoms with Crippen molar-refractivity contribution >= 4 is 34.2 Å². The van der Waals surface area contributed by atoms with Gasteiger partial charge < -0.3 is 19.9 Å². The van der Waals surface area contributed by atoms with Crippen LogP contribution in [0.4, 0.5) is 10.1 Å². The van der Waals surface area contributed by atoms with Gasteiger partial charge in [-0.25, -0.2) is 9.18 Å². The lowest BCUT2D eigenvalue weighted by Gasteiger charge is -2.24. The molecule has 5 rings (SSSR count). The fourth-order valence-corrected chi connectivity index (χ4v) is 5.12. The molecule has 28 heavy (non-hydrogen) atoms. The number of halogens is 2. The van der Waals surface area contributed by atoms with E-state index in [2.05, 4.69) is 10.2 Å². The Bertz CT molecular complexity index is 1030. The summed E-state index contributed by atoms with van der Waals surface area (Å²) in [6.07, 6.45) is 2.84. The molecule has 0 radical (unpaired) electrons. The topological polar surface area (TPSA) is 74.6 Å². The van der Waals surface area contributed by atoms with E-state index in [-0.39, 0.29) is 10.9 Å². The molecule has 2 aromatic rings. The average molecular weight is 406 g/mol. The summed E-state index contributed by atoms with van der Waals surface area (Å²) < 4.78 is 15.4. The van der Waals surface area contributed by atoms with Crippen LogP contribution in [0.3, 0.4) is 0 Å². The van der Waals surface area contributed by atoms with E-state index < -0.39 is 23.6 Å². The van der Waals surface area contributed by atoms with Crippen LogP contribution in [0, 0.1) is 5.92 Å². The van der Waals surface area contributed by atoms with Crippen molar-refractivity contribution in [1.29, 1.82) is 0 Å². The fourth-order valence-electron chi connectivity index (χ4n) is 4.74. The molecule has 1 aliphatic carbocycles. The monoisotopic (exact) mass is 405 g/mol. The van der Waals surface area contributed by atoms with Crippen molar-refractivity contribution in [3.8, 4) is 0 Å². The number of piperidine rings is 1. The first-order valence-electron chi connectivity index (χ1n) is 9.68. The van der Waals surface area contributed by atoms with E-state index >= 15 is 0 Å². The number of fused-ring (bicyclic) bond motifs is 2. The van der Waals surface area contributed by atoms with E-state index in [9.17, 15) is 19.1 Å². The highest BCUT2D eigenvalue weighted by molar-refractivity contribution is 6.38. The van der Waals surface area contributed by atoms with Crippen LogP contribution in [0.15, 0.2) is 23.1 Å².